The van der Waals surface area contributed by atoms with Crippen LogP contribution in [0.5, 0.6) is 5.75 Å². The van der Waals surface area contributed by atoms with E-state index in [9.17, 15) is 13.6 Å². The van der Waals surface area contributed by atoms with Crippen molar-refractivity contribution in [3.63, 3.8) is 0 Å². The molecule has 0 saturated heterocycles. The lowest BCUT2D eigenvalue weighted by atomic mass is 9.95. The average molecular weight is 519 g/mol. The monoisotopic (exact) mass is 518 g/mol. The van der Waals surface area contributed by atoms with Gasteiger partial charge in [-0.3, -0.25) is 4.79 Å². The Labute approximate surface area is 218 Å². The van der Waals surface area contributed by atoms with Crippen LogP contribution < -0.4 is 15.8 Å². The summed E-state index contributed by atoms with van der Waals surface area (Å²) in [5.74, 6) is 0.403. The molecule has 2 heterocycles. The number of nitrogens with one attached hydrogen (secondary N) is 1. The highest BCUT2D eigenvalue weighted by molar-refractivity contribution is 5.94. The highest BCUT2D eigenvalue weighted by Crippen LogP contribution is 2.32. The van der Waals surface area contributed by atoms with E-state index in [-0.39, 0.29) is 30.1 Å². The lowest BCUT2D eigenvalue weighted by molar-refractivity contribution is 0.0567. The van der Waals surface area contributed by atoms with Crippen molar-refractivity contribution in [1.29, 1.82) is 0 Å². The van der Waals surface area contributed by atoms with Gasteiger partial charge in [0.1, 0.15) is 11.4 Å². The number of nitrogens with zero attached hydrogens (tertiary/aromatic N) is 4. The number of nitrogens with two attached hydrogens (primary N) is 1. The summed E-state index contributed by atoms with van der Waals surface area (Å²) in [5.41, 5.74) is 9.66. The second-order valence-electron chi connectivity index (χ2n) is 9.35. The largest absolute Gasteiger partial charge is 0.490 e. The lowest BCUT2D eigenvalue weighted by Gasteiger charge is -2.27. The molecule has 1 aliphatic carbocycles. The molecule has 0 bridgehead atoms. The van der Waals surface area contributed by atoms with Crippen LogP contribution in [0, 0.1) is 6.92 Å². The lowest BCUT2D eigenvalue weighted by Crippen LogP contribution is -2.25. The molecule has 1 saturated carbocycles. The number of aromatic nitrogens is 4. The van der Waals surface area contributed by atoms with Crippen LogP contribution in [0.4, 0.5) is 14.7 Å². The van der Waals surface area contributed by atoms with Crippen molar-refractivity contribution >= 4 is 11.9 Å². The first-order valence-electron chi connectivity index (χ1n) is 12.4. The van der Waals surface area contributed by atoms with E-state index in [0.717, 1.165) is 24.8 Å². The number of nitrogen functional groups attached to an aromatic ring is 1. The number of carbonyl (C=O) groups excluding carboxylic acids is 1. The van der Waals surface area contributed by atoms with Crippen molar-refractivity contribution in [1.82, 2.24) is 25.1 Å². The van der Waals surface area contributed by atoms with Gasteiger partial charge in [0.25, 0.3) is 5.91 Å². The van der Waals surface area contributed by atoms with Crippen molar-refractivity contribution in [2.45, 2.75) is 51.8 Å². The first kappa shape index (κ1) is 25.3. The van der Waals surface area contributed by atoms with E-state index in [1.54, 1.807) is 31.2 Å². The molecule has 5 rings (SSSR count). The third-order valence-electron chi connectivity index (χ3n) is 6.47. The topological polar surface area (TPSA) is 108 Å². The number of ether oxygens (including phenoxy) is 1. The first-order valence-corrected chi connectivity index (χ1v) is 12.4. The molecular weight excluding hydrogens is 490 g/mol. The van der Waals surface area contributed by atoms with Gasteiger partial charge in [-0.05, 0) is 61.6 Å². The quantitative estimate of drug-likeness (QED) is 0.320. The third kappa shape index (κ3) is 5.80. The Morgan fingerprint density at radius 3 is 2.61 bits per heavy atom. The molecule has 2 aromatic carbocycles. The Hall–Kier alpha value is -4.34. The number of hydrogen-bond acceptors (Lipinski definition) is 6. The Morgan fingerprint density at radius 1 is 1.13 bits per heavy atom. The van der Waals surface area contributed by atoms with Crippen LogP contribution in [0.1, 0.15) is 58.6 Å². The van der Waals surface area contributed by atoms with E-state index >= 15 is 0 Å². The Morgan fingerprint density at radius 2 is 1.92 bits per heavy atom. The molecular formula is C28H28F2N6O2. The van der Waals surface area contributed by atoms with E-state index in [4.69, 9.17) is 10.5 Å². The molecule has 1 fully saturated rings. The van der Waals surface area contributed by atoms with Crippen LogP contribution in [0.15, 0.2) is 60.8 Å². The van der Waals surface area contributed by atoms with Crippen molar-refractivity contribution in [3.05, 3.63) is 88.7 Å². The van der Waals surface area contributed by atoms with Gasteiger partial charge >= 0.3 is 6.55 Å². The van der Waals surface area contributed by atoms with Crippen molar-refractivity contribution < 1.29 is 18.3 Å². The van der Waals surface area contributed by atoms with Gasteiger partial charge in [0, 0.05) is 36.0 Å². The second-order valence-corrected chi connectivity index (χ2v) is 9.35. The zero-order chi connectivity index (χ0) is 26.6. The molecule has 2 aromatic heterocycles. The van der Waals surface area contributed by atoms with Gasteiger partial charge in [-0.2, -0.15) is 13.9 Å². The molecule has 0 aliphatic heterocycles. The predicted molar refractivity (Wildman–Crippen MR) is 139 cm³/mol. The van der Waals surface area contributed by atoms with Crippen LogP contribution in [0.3, 0.4) is 0 Å². The van der Waals surface area contributed by atoms with E-state index < -0.39 is 6.55 Å². The Bertz CT molecular complexity index is 1420. The van der Waals surface area contributed by atoms with Gasteiger partial charge in [0.2, 0.25) is 5.95 Å². The van der Waals surface area contributed by atoms with E-state index in [2.05, 4.69) is 20.4 Å². The number of aryl methyl sites for hydroxylation is 1. The number of amides is 1. The summed E-state index contributed by atoms with van der Waals surface area (Å²) in [4.78, 5) is 21.3. The molecule has 3 N–H and O–H groups in total. The fraction of sp³-hybridized carbons (Fsp3) is 0.286. The van der Waals surface area contributed by atoms with Gasteiger partial charge in [-0.25, -0.2) is 14.6 Å². The SMILES string of the molecule is Cc1cc(-c2nn(C(F)F)cc2Cc2cc(C(=O)NCc3ccccc3)ccc2OC2CCC2)nc(N)n1. The van der Waals surface area contributed by atoms with Crippen LogP contribution in [0.25, 0.3) is 11.4 Å². The van der Waals surface area contributed by atoms with Crippen molar-refractivity contribution in [3.8, 4) is 17.1 Å². The van der Waals surface area contributed by atoms with E-state index in [0.29, 0.717) is 45.1 Å². The van der Waals surface area contributed by atoms with Crippen molar-refractivity contribution in [2.24, 2.45) is 0 Å². The van der Waals surface area contributed by atoms with E-state index in [1.165, 1.54) is 6.20 Å². The second kappa shape index (κ2) is 11.0. The number of anilines is 1. The summed E-state index contributed by atoms with van der Waals surface area (Å²) >= 11 is 0. The van der Waals surface area contributed by atoms with Crippen LogP contribution in [-0.4, -0.2) is 31.8 Å². The maximum Gasteiger partial charge on any atom is 0.333 e. The van der Waals surface area contributed by atoms with Gasteiger partial charge in [-0.15, -0.1) is 0 Å². The van der Waals surface area contributed by atoms with Crippen molar-refractivity contribution in [2.75, 3.05) is 5.73 Å². The Balaban J connectivity index is 1.48. The van der Waals surface area contributed by atoms with Gasteiger partial charge in [-0.1, -0.05) is 30.3 Å². The minimum Gasteiger partial charge on any atom is -0.490 e. The molecule has 0 atom stereocenters. The fourth-order valence-electron chi connectivity index (χ4n) is 4.31. The number of benzene rings is 2. The Kier molecular flexibility index (Phi) is 7.30. The summed E-state index contributed by atoms with van der Waals surface area (Å²) in [5, 5.41) is 7.03. The molecule has 38 heavy (non-hydrogen) atoms. The van der Waals surface area contributed by atoms with Gasteiger partial charge in [0.15, 0.2) is 0 Å². The summed E-state index contributed by atoms with van der Waals surface area (Å²) in [6.07, 6.45) is 4.59. The summed E-state index contributed by atoms with van der Waals surface area (Å²) < 4.78 is 34.1. The minimum atomic E-state index is -2.83. The smallest absolute Gasteiger partial charge is 0.333 e. The van der Waals surface area contributed by atoms with Gasteiger partial charge < -0.3 is 15.8 Å². The molecule has 4 aromatic rings. The first-order chi connectivity index (χ1) is 18.4. The highest BCUT2D eigenvalue weighted by atomic mass is 19.3. The zero-order valence-electron chi connectivity index (χ0n) is 20.9. The molecule has 0 spiro atoms. The maximum absolute atomic E-state index is 13.6. The van der Waals surface area contributed by atoms with Gasteiger partial charge in [0.05, 0.1) is 11.8 Å². The maximum atomic E-state index is 13.6. The molecule has 8 nitrogen and oxygen atoms in total. The molecule has 196 valence electrons. The number of carbonyl (C=O) groups is 1. The number of alkyl halides is 2. The van der Waals surface area contributed by atoms with Crippen LogP contribution in [-0.2, 0) is 13.0 Å². The van der Waals surface area contributed by atoms with Crippen LogP contribution in [0.2, 0.25) is 0 Å². The van der Waals surface area contributed by atoms with E-state index in [1.807, 2.05) is 30.3 Å². The third-order valence-corrected chi connectivity index (χ3v) is 6.47. The van der Waals surface area contributed by atoms with Crippen LogP contribution >= 0.6 is 0 Å². The predicted octanol–water partition coefficient (Wildman–Crippen LogP) is 5.08. The molecule has 0 radical (unpaired) electrons. The summed E-state index contributed by atoms with van der Waals surface area (Å²) in [6.45, 7) is -0.703. The molecule has 1 aliphatic rings. The average Bonchev–Trinajstić information content (AvgIpc) is 3.30. The highest BCUT2D eigenvalue weighted by Gasteiger charge is 2.23. The molecule has 0 unspecified atom stereocenters. The summed E-state index contributed by atoms with van der Waals surface area (Å²) in [7, 11) is 0. The number of rotatable bonds is 9. The summed E-state index contributed by atoms with van der Waals surface area (Å²) in [6, 6.07) is 16.5. The minimum absolute atomic E-state index is 0.0311. The normalized spacial score (nSPS) is 13.4. The number of hydrogen-bond donors (Lipinski definition) is 2. The number of halogens is 2. The fourth-order valence-corrected chi connectivity index (χ4v) is 4.31. The standard InChI is InChI=1S/C28H28F2N6O2/c1-17-12-23(34-28(31)33-17)25-21(16-36(35-25)27(29)30)14-20-13-19(10-11-24(20)38-22-8-5-9-22)26(37)32-15-18-6-3-2-4-7-18/h2-4,6-7,10-13,16,22,27H,5,8-9,14-15H2,1H3,(H,32,37)(H2,31,33,34). The zero-order valence-corrected chi connectivity index (χ0v) is 20.9. The molecule has 10 heteroatoms. The molecule has 1 amide bonds.